The third kappa shape index (κ3) is 5.70. The molecule has 1 N–H and O–H groups in total. The first-order valence-corrected chi connectivity index (χ1v) is 7.83. The second kappa shape index (κ2) is 10.2. The minimum absolute atomic E-state index is 0. The molecule has 22 heavy (non-hydrogen) atoms. The first kappa shape index (κ1) is 18.5. The highest BCUT2D eigenvalue weighted by atomic mass is 35.5. The summed E-state index contributed by atoms with van der Waals surface area (Å²) in [5, 5.41) is 3.49. The molecule has 0 bridgehead atoms. The van der Waals surface area contributed by atoms with Gasteiger partial charge in [-0.25, -0.2) is 4.98 Å². The van der Waals surface area contributed by atoms with Gasteiger partial charge in [-0.3, -0.25) is 0 Å². The molecule has 0 unspecified atom stereocenters. The Balaban J connectivity index is 0.00000242. The predicted octanol–water partition coefficient (Wildman–Crippen LogP) is 3.33. The summed E-state index contributed by atoms with van der Waals surface area (Å²) in [5.41, 5.74) is 2.65. The molecule has 122 valence electrons. The van der Waals surface area contributed by atoms with Crippen molar-refractivity contribution in [2.45, 2.75) is 33.4 Å². The molecule has 0 fully saturated rings. The number of hydrogen-bond donors (Lipinski definition) is 1. The highest BCUT2D eigenvalue weighted by Gasteiger charge is 2.01. The molecule has 0 spiro atoms. The minimum Gasteiger partial charge on any atom is -0.372 e. The zero-order chi connectivity index (χ0) is 14.9. The van der Waals surface area contributed by atoms with Crippen molar-refractivity contribution in [1.29, 1.82) is 0 Å². The van der Waals surface area contributed by atoms with Gasteiger partial charge in [0.2, 0.25) is 0 Å². The third-order valence-electron chi connectivity index (χ3n) is 3.72. The summed E-state index contributed by atoms with van der Waals surface area (Å²) in [4.78, 5) is 6.41. The Bertz CT molecular complexity index is 492. The van der Waals surface area contributed by atoms with Crippen LogP contribution in [0.3, 0.4) is 0 Å². The van der Waals surface area contributed by atoms with Gasteiger partial charge in [-0.05, 0) is 44.5 Å². The number of rotatable bonds is 9. The molecule has 0 aliphatic rings. The van der Waals surface area contributed by atoms with Gasteiger partial charge in [0.05, 0.1) is 6.33 Å². The Labute approximate surface area is 140 Å². The van der Waals surface area contributed by atoms with Crippen molar-refractivity contribution in [2.24, 2.45) is 0 Å². The molecule has 5 heteroatoms. The van der Waals surface area contributed by atoms with E-state index in [-0.39, 0.29) is 12.4 Å². The van der Waals surface area contributed by atoms with E-state index in [0.29, 0.717) is 0 Å². The number of aryl methyl sites for hydroxylation is 1. The summed E-state index contributed by atoms with van der Waals surface area (Å²) >= 11 is 0. The molecule has 1 heterocycles. The van der Waals surface area contributed by atoms with E-state index in [4.69, 9.17) is 0 Å². The van der Waals surface area contributed by atoms with Crippen molar-refractivity contribution in [3.8, 4) is 0 Å². The number of imidazole rings is 1. The summed E-state index contributed by atoms with van der Waals surface area (Å²) in [6.45, 7) is 9.48. The zero-order valence-corrected chi connectivity index (χ0v) is 14.4. The molecule has 0 amide bonds. The van der Waals surface area contributed by atoms with Gasteiger partial charge in [0, 0.05) is 44.3 Å². The average molecular weight is 323 g/mol. The lowest BCUT2D eigenvalue weighted by Gasteiger charge is -2.21. The normalized spacial score (nSPS) is 10.3. The molecular weight excluding hydrogens is 296 g/mol. The van der Waals surface area contributed by atoms with Crippen molar-refractivity contribution in [2.75, 3.05) is 24.5 Å². The van der Waals surface area contributed by atoms with E-state index in [2.05, 4.69) is 57.9 Å². The summed E-state index contributed by atoms with van der Waals surface area (Å²) in [7, 11) is 0. The maximum Gasteiger partial charge on any atom is 0.0945 e. The lowest BCUT2D eigenvalue weighted by Crippen LogP contribution is -2.21. The van der Waals surface area contributed by atoms with Gasteiger partial charge in [0.15, 0.2) is 0 Å². The van der Waals surface area contributed by atoms with Gasteiger partial charge >= 0.3 is 0 Å². The standard InChI is InChI=1S/C17H26N4.ClH/c1-3-21(4-2)17-8-6-16(7-9-17)14-18-10-5-12-20-13-11-19-15-20;/h6-9,11,13,15,18H,3-5,10,12,14H2,1-2H3;1H. The van der Waals surface area contributed by atoms with E-state index in [9.17, 15) is 0 Å². The molecule has 0 aliphatic carbocycles. The van der Waals surface area contributed by atoms with E-state index in [1.54, 1.807) is 0 Å². The van der Waals surface area contributed by atoms with Crippen molar-refractivity contribution in [3.05, 3.63) is 48.5 Å². The maximum atomic E-state index is 4.04. The van der Waals surface area contributed by atoms with Crippen LogP contribution in [0.5, 0.6) is 0 Å². The van der Waals surface area contributed by atoms with Crippen LogP contribution in [0.1, 0.15) is 25.8 Å². The number of nitrogens with zero attached hydrogens (tertiary/aromatic N) is 3. The fourth-order valence-corrected chi connectivity index (χ4v) is 2.45. The number of halogens is 1. The summed E-state index contributed by atoms with van der Waals surface area (Å²) in [6.07, 6.45) is 6.82. The highest BCUT2D eigenvalue weighted by molar-refractivity contribution is 5.85. The fourth-order valence-electron chi connectivity index (χ4n) is 2.45. The summed E-state index contributed by atoms with van der Waals surface area (Å²) in [6, 6.07) is 8.87. The first-order valence-electron chi connectivity index (χ1n) is 7.83. The minimum atomic E-state index is 0. The smallest absolute Gasteiger partial charge is 0.0945 e. The zero-order valence-electron chi connectivity index (χ0n) is 13.5. The quantitative estimate of drug-likeness (QED) is 0.719. The molecule has 2 aromatic rings. The van der Waals surface area contributed by atoms with Crippen molar-refractivity contribution in [1.82, 2.24) is 14.9 Å². The maximum absolute atomic E-state index is 4.04. The molecule has 0 radical (unpaired) electrons. The Morgan fingerprint density at radius 3 is 2.45 bits per heavy atom. The third-order valence-corrected chi connectivity index (χ3v) is 3.72. The van der Waals surface area contributed by atoms with Crippen LogP contribution < -0.4 is 10.2 Å². The van der Waals surface area contributed by atoms with Crippen LogP contribution in [0.2, 0.25) is 0 Å². The van der Waals surface area contributed by atoms with Crippen LogP contribution in [0.15, 0.2) is 43.0 Å². The summed E-state index contributed by atoms with van der Waals surface area (Å²) < 4.78 is 2.11. The van der Waals surface area contributed by atoms with Crippen LogP contribution in [-0.2, 0) is 13.1 Å². The average Bonchev–Trinajstić information content (AvgIpc) is 3.03. The topological polar surface area (TPSA) is 33.1 Å². The molecule has 0 saturated carbocycles. The van der Waals surface area contributed by atoms with Crippen LogP contribution in [-0.4, -0.2) is 29.2 Å². The van der Waals surface area contributed by atoms with Gasteiger partial charge in [-0.15, -0.1) is 12.4 Å². The second-order valence-corrected chi connectivity index (χ2v) is 5.17. The second-order valence-electron chi connectivity index (χ2n) is 5.17. The largest absolute Gasteiger partial charge is 0.372 e. The fraction of sp³-hybridized carbons (Fsp3) is 0.471. The van der Waals surface area contributed by atoms with Crippen molar-refractivity contribution < 1.29 is 0 Å². The highest BCUT2D eigenvalue weighted by Crippen LogP contribution is 2.14. The van der Waals surface area contributed by atoms with E-state index >= 15 is 0 Å². The van der Waals surface area contributed by atoms with Gasteiger partial charge in [-0.1, -0.05) is 12.1 Å². The Kier molecular flexibility index (Phi) is 8.63. The van der Waals surface area contributed by atoms with Gasteiger partial charge in [0.25, 0.3) is 0 Å². The first-order chi connectivity index (χ1) is 10.3. The molecular formula is C17H27ClN4. The number of hydrogen-bond acceptors (Lipinski definition) is 3. The number of benzene rings is 1. The molecule has 0 saturated heterocycles. The molecule has 0 aliphatic heterocycles. The van der Waals surface area contributed by atoms with Gasteiger partial charge < -0.3 is 14.8 Å². The van der Waals surface area contributed by atoms with E-state index in [1.165, 1.54) is 11.3 Å². The molecule has 1 aromatic heterocycles. The Morgan fingerprint density at radius 2 is 1.86 bits per heavy atom. The number of aromatic nitrogens is 2. The molecule has 2 rings (SSSR count). The van der Waals surface area contributed by atoms with E-state index in [1.807, 2.05) is 18.7 Å². The molecule has 0 atom stereocenters. The Hall–Kier alpha value is -1.52. The summed E-state index contributed by atoms with van der Waals surface area (Å²) in [5.74, 6) is 0. The van der Waals surface area contributed by atoms with Crippen LogP contribution in [0.25, 0.3) is 0 Å². The number of anilines is 1. The van der Waals surface area contributed by atoms with E-state index in [0.717, 1.165) is 39.1 Å². The van der Waals surface area contributed by atoms with Crippen molar-refractivity contribution >= 4 is 18.1 Å². The lowest BCUT2D eigenvalue weighted by molar-refractivity contribution is 0.581. The van der Waals surface area contributed by atoms with Crippen LogP contribution in [0.4, 0.5) is 5.69 Å². The number of nitrogens with one attached hydrogen (secondary N) is 1. The van der Waals surface area contributed by atoms with E-state index < -0.39 is 0 Å². The van der Waals surface area contributed by atoms with Gasteiger partial charge in [-0.2, -0.15) is 0 Å². The predicted molar refractivity (Wildman–Crippen MR) is 95.8 cm³/mol. The van der Waals surface area contributed by atoms with Crippen LogP contribution >= 0.6 is 12.4 Å². The SMILES string of the molecule is CCN(CC)c1ccc(CNCCCn2ccnc2)cc1.Cl. The lowest BCUT2D eigenvalue weighted by atomic mass is 10.2. The molecule has 4 nitrogen and oxygen atoms in total. The molecule has 1 aromatic carbocycles. The van der Waals surface area contributed by atoms with Crippen LogP contribution in [0, 0.1) is 0 Å². The monoisotopic (exact) mass is 322 g/mol. The van der Waals surface area contributed by atoms with Gasteiger partial charge in [0.1, 0.15) is 0 Å². The Morgan fingerprint density at radius 1 is 1.14 bits per heavy atom. The van der Waals surface area contributed by atoms with Crippen molar-refractivity contribution in [3.63, 3.8) is 0 Å².